The lowest BCUT2D eigenvalue weighted by molar-refractivity contribution is -0.145. The Bertz CT molecular complexity index is 696. The van der Waals surface area contributed by atoms with E-state index < -0.39 is 17.9 Å². The predicted octanol–water partition coefficient (Wildman–Crippen LogP) is 2.11. The second-order valence-electron chi connectivity index (χ2n) is 5.42. The molecule has 0 spiro atoms. The van der Waals surface area contributed by atoms with E-state index in [9.17, 15) is 9.59 Å². The Morgan fingerprint density at radius 1 is 1.21 bits per heavy atom. The number of nitrogens with one attached hydrogen (secondary N) is 1. The number of aromatic nitrogens is 1. The molecule has 1 atom stereocenters. The van der Waals surface area contributed by atoms with Crippen molar-refractivity contribution in [3.63, 3.8) is 0 Å². The van der Waals surface area contributed by atoms with E-state index in [4.69, 9.17) is 9.47 Å². The van der Waals surface area contributed by atoms with Crippen LogP contribution in [-0.4, -0.2) is 30.6 Å². The molecule has 0 saturated carbocycles. The number of amides is 1. The molecule has 1 aromatic carbocycles. The highest BCUT2D eigenvalue weighted by atomic mass is 16.5. The van der Waals surface area contributed by atoms with E-state index in [0.29, 0.717) is 11.3 Å². The monoisotopic (exact) mass is 328 g/mol. The van der Waals surface area contributed by atoms with Gasteiger partial charge in [0.05, 0.1) is 7.11 Å². The van der Waals surface area contributed by atoms with Gasteiger partial charge in [-0.3, -0.25) is 9.78 Å². The summed E-state index contributed by atoms with van der Waals surface area (Å²) in [4.78, 5) is 28.0. The number of ether oxygens (including phenoxy) is 2. The maximum absolute atomic E-state index is 12.1. The second kappa shape index (κ2) is 8.10. The van der Waals surface area contributed by atoms with E-state index in [2.05, 4.69) is 10.3 Å². The number of carbonyl (C=O) groups excluding carboxylic acids is 2. The quantitative estimate of drug-likeness (QED) is 0.822. The second-order valence-corrected chi connectivity index (χ2v) is 5.42. The molecular formula is C18H20N2O4. The molecule has 1 heterocycles. The molecule has 0 aliphatic rings. The average Bonchev–Trinajstić information content (AvgIpc) is 2.57. The Hall–Kier alpha value is -2.89. The first-order valence-electron chi connectivity index (χ1n) is 7.48. The van der Waals surface area contributed by atoms with Crippen molar-refractivity contribution in [2.24, 2.45) is 0 Å². The molecule has 126 valence electrons. The summed E-state index contributed by atoms with van der Waals surface area (Å²) in [6.07, 6.45) is 3.09. The minimum atomic E-state index is -0.918. The molecule has 2 rings (SSSR count). The van der Waals surface area contributed by atoms with Crippen LogP contribution in [0.2, 0.25) is 0 Å². The van der Waals surface area contributed by atoms with Gasteiger partial charge in [-0.15, -0.1) is 0 Å². The van der Waals surface area contributed by atoms with Gasteiger partial charge in [0.15, 0.2) is 12.6 Å². The maximum atomic E-state index is 12.1. The fourth-order valence-corrected chi connectivity index (χ4v) is 2.31. The highest BCUT2D eigenvalue weighted by Crippen LogP contribution is 2.16. The standard InChI is InChI=1S/C18H20N2O4/c1-12-7-13(2)9-15(8-12)24-11-16(21)20-17(18(22)23-3)14-5-4-6-19-10-14/h4-10,17H,11H2,1-3H3,(H,20,21). The number of aryl methyl sites for hydroxylation is 2. The fraction of sp³-hybridized carbons (Fsp3) is 0.278. The fourth-order valence-electron chi connectivity index (χ4n) is 2.31. The van der Waals surface area contributed by atoms with E-state index in [1.807, 2.05) is 32.0 Å². The molecule has 1 unspecified atom stereocenters. The molecule has 0 aliphatic heterocycles. The summed E-state index contributed by atoms with van der Waals surface area (Å²) in [6.45, 7) is 3.71. The van der Waals surface area contributed by atoms with Crippen LogP contribution in [0.5, 0.6) is 5.75 Å². The number of esters is 1. The zero-order valence-electron chi connectivity index (χ0n) is 13.9. The summed E-state index contributed by atoms with van der Waals surface area (Å²) in [5.41, 5.74) is 2.64. The van der Waals surface area contributed by atoms with Crippen LogP contribution < -0.4 is 10.1 Å². The predicted molar refractivity (Wildman–Crippen MR) is 88.5 cm³/mol. The summed E-state index contributed by atoms with van der Waals surface area (Å²) in [6, 6.07) is 8.17. The van der Waals surface area contributed by atoms with E-state index in [1.54, 1.807) is 18.3 Å². The van der Waals surface area contributed by atoms with Gasteiger partial charge in [-0.2, -0.15) is 0 Å². The molecule has 1 amide bonds. The van der Waals surface area contributed by atoms with Gasteiger partial charge in [-0.1, -0.05) is 12.1 Å². The van der Waals surface area contributed by atoms with Crippen LogP contribution in [0.1, 0.15) is 22.7 Å². The lowest BCUT2D eigenvalue weighted by Gasteiger charge is -2.17. The number of carbonyl (C=O) groups is 2. The van der Waals surface area contributed by atoms with E-state index in [0.717, 1.165) is 11.1 Å². The van der Waals surface area contributed by atoms with Crippen LogP contribution >= 0.6 is 0 Å². The minimum Gasteiger partial charge on any atom is -0.484 e. The van der Waals surface area contributed by atoms with Crippen molar-refractivity contribution in [1.82, 2.24) is 10.3 Å². The van der Waals surface area contributed by atoms with Gasteiger partial charge in [0, 0.05) is 18.0 Å². The van der Waals surface area contributed by atoms with Gasteiger partial charge in [0.25, 0.3) is 5.91 Å². The smallest absolute Gasteiger partial charge is 0.333 e. The Kier molecular flexibility index (Phi) is 5.89. The SMILES string of the molecule is COC(=O)C(NC(=O)COc1cc(C)cc(C)c1)c1cccnc1. The Morgan fingerprint density at radius 3 is 2.50 bits per heavy atom. The number of rotatable bonds is 6. The molecule has 0 radical (unpaired) electrons. The summed E-state index contributed by atoms with van der Waals surface area (Å²) in [5.74, 6) is -0.380. The van der Waals surface area contributed by atoms with Crippen LogP contribution in [0, 0.1) is 13.8 Å². The van der Waals surface area contributed by atoms with E-state index in [1.165, 1.54) is 13.3 Å². The van der Waals surface area contributed by atoms with Gasteiger partial charge >= 0.3 is 5.97 Å². The van der Waals surface area contributed by atoms with Crippen molar-refractivity contribution in [2.75, 3.05) is 13.7 Å². The normalized spacial score (nSPS) is 11.5. The van der Waals surface area contributed by atoms with Crippen LogP contribution in [0.3, 0.4) is 0 Å². The van der Waals surface area contributed by atoms with Crippen molar-refractivity contribution in [1.29, 1.82) is 0 Å². The highest BCUT2D eigenvalue weighted by molar-refractivity contribution is 5.86. The molecule has 1 N–H and O–H groups in total. The average molecular weight is 328 g/mol. The molecule has 2 aromatic rings. The number of nitrogens with zero attached hydrogens (tertiary/aromatic N) is 1. The summed E-state index contributed by atoms with van der Waals surface area (Å²) >= 11 is 0. The van der Waals surface area contributed by atoms with Crippen LogP contribution in [0.15, 0.2) is 42.7 Å². The third kappa shape index (κ3) is 4.81. The molecule has 0 saturated heterocycles. The summed E-state index contributed by atoms with van der Waals surface area (Å²) in [7, 11) is 1.27. The minimum absolute atomic E-state index is 0.198. The number of hydrogen-bond acceptors (Lipinski definition) is 5. The number of hydrogen-bond donors (Lipinski definition) is 1. The van der Waals surface area contributed by atoms with Crippen molar-refractivity contribution in [2.45, 2.75) is 19.9 Å². The molecule has 6 nitrogen and oxygen atoms in total. The zero-order valence-corrected chi connectivity index (χ0v) is 13.9. The van der Waals surface area contributed by atoms with E-state index >= 15 is 0 Å². The van der Waals surface area contributed by atoms with Crippen LogP contribution in [-0.2, 0) is 14.3 Å². The van der Waals surface area contributed by atoms with Gasteiger partial charge < -0.3 is 14.8 Å². The summed E-state index contributed by atoms with van der Waals surface area (Å²) < 4.78 is 10.2. The lowest BCUT2D eigenvalue weighted by Crippen LogP contribution is -2.37. The van der Waals surface area contributed by atoms with Gasteiger partial charge in [-0.25, -0.2) is 4.79 Å². The first-order valence-corrected chi connectivity index (χ1v) is 7.48. The first-order chi connectivity index (χ1) is 11.5. The molecule has 6 heteroatoms. The number of methoxy groups -OCH3 is 1. The third-order valence-corrected chi connectivity index (χ3v) is 3.33. The Morgan fingerprint density at radius 2 is 1.92 bits per heavy atom. The van der Waals surface area contributed by atoms with Gasteiger partial charge in [0.2, 0.25) is 0 Å². The molecule has 0 aliphatic carbocycles. The Labute approximate surface area is 140 Å². The van der Waals surface area contributed by atoms with Crippen LogP contribution in [0.4, 0.5) is 0 Å². The van der Waals surface area contributed by atoms with Crippen LogP contribution in [0.25, 0.3) is 0 Å². The van der Waals surface area contributed by atoms with E-state index in [-0.39, 0.29) is 6.61 Å². The molecule has 0 fully saturated rings. The first kappa shape index (κ1) is 17.5. The topological polar surface area (TPSA) is 77.5 Å². The Balaban J connectivity index is 2.01. The van der Waals surface area contributed by atoms with Crippen molar-refractivity contribution >= 4 is 11.9 Å². The lowest BCUT2D eigenvalue weighted by atomic mass is 10.1. The molecule has 24 heavy (non-hydrogen) atoms. The van der Waals surface area contributed by atoms with Crippen molar-refractivity contribution < 1.29 is 19.1 Å². The van der Waals surface area contributed by atoms with Gasteiger partial charge in [0.1, 0.15) is 5.75 Å². The molecule has 1 aromatic heterocycles. The number of benzene rings is 1. The largest absolute Gasteiger partial charge is 0.484 e. The molecular weight excluding hydrogens is 308 g/mol. The molecule has 0 bridgehead atoms. The van der Waals surface area contributed by atoms with Crippen molar-refractivity contribution in [3.05, 3.63) is 59.4 Å². The van der Waals surface area contributed by atoms with Gasteiger partial charge in [-0.05, 0) is 43.2 Å². The highest BCUT2D eigenvalue weighted by Gasteiger charge is 2.23. The van der Waals surface area contributed by atoms with Crippen molar-refractivity contribution in [3.8, 4) is 5.75 Å². The summed E-state index contributed by atoms with van der Waals surface area (Å²) in [5, 5.41) is 2.60. The zero-order chi connectivity index (χ0) is 17.5. The third-order valence-electron chi connectivity index (χ3n) is 3.33. The number of pyridine rings is 1. The maximum Gasteiger partial charge on any atom is 0.333 e.